The average molecular weight is 179 g/mol. The largest absolute Gasteiger partial charge is 0.300 e. The summed E-state index contributed by atoms with van der Waals surface area (Å²) in [6.07, 6.45) is 1.96. The van der Waals surface area contributed by atoms with E-state index in [9.17, 15) is 4.79 Å². The molecule has 0 spiro atoms. The van der Waals surface area contributed by atoms with Gasteiger partial charge in [-0.2, -0.15) is 5.26 Å². The van der Waals surface area contributed by atoms with Crippen molar-refractivity contribution in [1.29, 1.82) is 5.26 Å². The van der Waals surface area contributed by atoms with Crippen molar-refractivity contribution in [2.75, 3.05) is 0 Å². The summed E-state index contributed by atoms with van der Waals surface area (Å²) >= 11 is 0. The third-order valence-electron chi connectivity index (χ3n) is 2.95. The van der Waals surface area contributed by atoms with Crippen LogP contribution in [-0.4, -0.2) is 5.78 Å². The van der Waals surface area contributed by atoms with Gasteiger partial charge in [0.1, 0.15) is 5.78 Å². The summed E-state index contributed by atoms with van der Waals surface area (Å²) in [5.74, 6) is 0.655. The highest BCUT2D eigenvalue weighted by Crippen LogP contribution is 2.40. The third kappa shape index (κ3) is 2.30. The highest BCUT2D eigenvalue weighted by atomic mass is 16.1. The molecule has 0 unspecified atom stereocenters. The van der Waals surface area contributed by atoms with E-state index in [-0.39, 0.29) is 17.3 Å². The quantitative estimate of drug-likeness (QED) is 0.573. The molecule has 2 heteroatoms. The van der Waals surface area contributed by atoms with Crippen molar-refractivity contribution in [3.05, 3.63) is 0 Å². The molecule has 1 aliphatic carbocycles. The predicted octanol–water partition coefficient (Wildman–Crippen LogP) is 2.54. The van der Waals surface area contributed by atoms with E-state index in [2.05, 4.69) is 26.8 Å². The van der Waals surface area contributed by atoms with Crippen LogP contribution in [0.15, 0.2) is 0 Å². The predicted molar refractivity (Wildman–Crippen MR) is 50.9 cm³/mol. The molecule has 0 saturated heterocycles. The molecule has 13 heavy (non-hydrogen) atoms. The SMILES string of the molecule is CC(C)(C)[C@H]1CC(=O)CC[C@@H]1C#N. The Morgan fingerprint density at radius 2 is 2.08 bits per heavy atom. The van der Waals surface area contributed by atoms with Crippen LogP contribution in [-0.2, 0) is 4.79 Å². The normalized spacial score (nSPS) is 29.8. The van der Waals surface area contributed by atoms with E-state index in [0.717, 1.165) is 6.42 Å². The second kappa shape index (κ2) is 3.49. The molecule has 1 saturated carbocycles. The Kier molecular flexibility index (Phi) is 2.75. The maximum Gasteiger partial charge on any atom is 0.133 e. The van der Waals surface area contributed by atoms with E-state index < -0.39 is 0 Å². The number of Topliss-reactive ketones (excluding diaryl/α,β-unsaturated/α-hetero) is 1. The van der Waals surface area contributed by atoms with Crippen molar-refractivity contribution in [1.82, 2.24) is 0 Å². The number of ketones is 1. The number of nitriles is 1. The van der Waals surface area contributed by atoms with Gasteiger partial charge in [-0.25, -0.2) is 0 Å². The van der Waals surface area contributed by atoms with E-state index in [1.165, 1.54) is 0 Å². The summed E-state index contributed by atoms with van der Waals surface area (Å²) in [6.45, 7) is 6.34. The zero-order valence-corrected chi connectivity index (χ0v) is 8.63. The van der Waals surface area contributed by atoms with Crippen molar-refractivity contribution < 1.29 is 4.79 Å². The molecule has 1 fully saturated rings. The first-order chi connectivity index (χ1) is 5.95. The number of hydrogen-bond donors (Lipinski definition) is 0. The van der Waals surface area contributed by atoms with Gasteiger partial charge in [-0.1, -0.05) is 20.8 Å². The van der Waals surface area contributed by atoms with Gasteiger partial charge in [-0.15, -0.1) is 0 Å². The van der Waals surface area contributed by atoms with Gasteiger partial charge in [0.2, 0.25) is 0 Å². The van der Waals surface area contributed by atoms with Crippen molar-refractivity contribution in [3.63, 3.8) is 0 Å². The van der Waals surface area contributed by atoms with Crippen LogP contribution < -0.4 is 0 Å². The zero-order valence-electron chi connectivity index (χ0n) is 8.63. The van der Waals surface area contributed by atoms with Crippen LogP contribution in [0.1, 0.15) is 40.0 Å². The second-order valence-corrected chi connectivity index (χ2v) is 4.99. The molecule has 0 N–H and O–H groups in total. The lowest BCUT2D eigenvalue weighted by Crippen LogP contribution is -2.33. The second-order valence-electron chi connectivity index (χ2n) is 4.99. The van der Waals surface area contributed by atoms with Crippen molar-refractivity contribution in [2.24, 2.45) is 17.3 Å². The molecule has 0 amide bonds. The number of hydrogen-bond acceptors (Lipinski definition) is 2. The summed E-state index contributed by atoms with van der Waals surface area (Å²) in [7, 11) is 0. The lowest BCUT2D eigenvalue weighted by molar-refractivity contribution is -0.123. The van der Waals surface area contributed by atoms with Crippen molar-refractivity contribution in [3.8, 4) is 6.07 Å². The number of carbonyl (C=O) groups excluding carboxylic acids is 1. The fraction of sp³-hybridized carbons (Fsp3) is 0.818. The molecule has 2 atom stereocenters. The first kappa shape index (κ1) is 10.2. The molecule has 0 aromatic rings. The summed E-state index contributed by atoms with van der Waals surface area (Å²) in [4.78, 5) is 11.3. The van der Waals surface area contributed by atoms with Gasteiger partial charge in [-0.05, 0) is 17.8 Å². The van der Waals surface area contributed by atoms with Crippen LogP contribution in [0.4, 0.5) is 0 Å². The molecule has 0 aromatic heterocycles. The van der Waals surface area contributed by atoms with E-state index in [1.807, 2.05) is 0 Å². The van der Waals surface area contributed by atoms with Gasteiger partial charge in [-0.3, -0.25) is 4.79 Å². The summed E-state index contributed by atoms with van der Waals surface area (Å²) < 4.78 is 0. The van der Waals surface area contributed by atoms with Gasteiger partial charge in [0.15, 0.2) is 0 Å². The smallest absolute Gasteiger partial charge is 0.133 e. The van der Waals surface area contributed by atoms with E-state index in [0.29, 0.717) is 18.6 Å². The molecular formula is C11H17NO. The number of rotatable bonds is 0. The molecule has 0 aromatic carbocycles. The zero-order chi connectivity index (χ0) is 10.1. The van der Waals surface area contributed by atoms with E-state index in [4.69, 9.17) is 5.26 Å². The van der Waals surface area contributed by atoms with Crippen LogP contribution >= 0.6 is 0 Å². The Morgan fingerprint density at radius 3 is 2.54 bits per heavy atom. The van der Waals surface area contributed by atoms with Crippen molar-refractivity contribution in [2.45, 2.75) is 40.0 Å². The Labute approximate surface area is 79.9 Å². The van der Waals surface area contributed by atoms with Crippen LogP contribution in [0, 0.1) is 28.6 Å². The minimum atomic E-state index is 0.0798. The van der Waals surface area contributed by atoms with Gasteiger partial charge >= 0.3 is 0 Å². The standard InChI is InChI=1S/C11H17NO/c1-11(2,3)10-6-9(13)5-4-8(10)7-12/h8,10H,4-6H2,1-3H3/t8-,10+/m1/s1. The van der Waals surface area contributed by atoms with Crippen molar-refractivity contribution >= 4 is 5.78 Å². The van der Waals surface area contributed by atoms with E-state index in [1.54, 1.807) is 0 Å². The lowest BCUT2D eigenvalue weighted by Gasteiger charge is -2.36. The van der Waals surface area contributed by atoms with Gasteiger partial charge in [0.05, 0.1) is 12.0 Å². The molecule has 72 valence electrons. The number of carbonyl (C=O) groups is 1. The fourth-order valence-corrected chi connectivity index (χ4v) is 2.07. The first-order valence-electron chi connectivity index (χ1n) is 4.86. The molecule has 0 radical (unpaired) electrons. The molecule has 1 rings (SSSR count). The molecule has 0 heterocycles. The maximum atomic E-state index is 11.3. The van der Waals surface area contributed by atoms with Crippen LogP contribution in [0.3, 0.4) is 0 Å². The molecule has 2 nitrogen and oxygen atoms in total. The average Bonchev–Trinajstić information content (AvgIpc) is 2.03. The molecular weight excluding hydrogens is 162 g/mol. The van der Waals surface area contributed by atoms with Gasteiger partial charge in [0.25, 0.3) is 0 Å². The summed E-state index contributed by atoms with van der Waals surface area (Å²) in [6, 6.07) is 2.33. The monoisotopic (exact) mass is 179 g/mol. The maximum absolute atomic E-state index is 11.3. The third-order valence-corrected chi connectivity index (χ3v) is 2.95. The summed E-state index contributed by atoms with van der Waals surface area (Å²) in [5.41, 5.74) is 0.0798. The van der Waals surface area contributed by atoms with Crippen LogP contribution in [0.25, 0.3) is 0 Å². The first-order valence-corrected chi connectivity index (χ1v) is 4.86. The minimum absolute atomic E-state index is 0.0798. The molecule has 1 aliphatic rings. The van der Waals surface area contributed by atoms with Crippen LogP contribution in [0.2, 0.25) is 0 Å². The Hall–Kier alpha value is -0.840. The minimum Gasteiger partial charge on any atom is -0.300 e. The lowest BCUT2D eigenvalue weighted by atomic mass is 9.66. The van der Waals surface area contributed by atoms with Crippen LogP contribution in [0.5, 0.6) is 0 Å². The molecule has 0 bridgehead atoms. The highest BCUT2D eigenvalue weighted by Gasteiger charge is 2.36. The van der Waals surface area contributed by atoms with Gasteiger partial charge in [0, 0.05) is 12.8 Å². The van der Waals surface area contributed by atoms with E-state index >= 15 is 0 Å². The topological polar surface area (TPSA) is 40.9 Å². The highest BCUT2D eigenvalue weighted by molar-refractivity contribution is 5.79. The number of nitrogens with zero attached hydrogens (tertiary/aromatic N) is 1. The Balaban J connectivity index is 2.78. The summed E-state index contributed by atoms with van der Waals surface area (Å²) in [5, 5.41) is 8.95. The Morgan fingerprint density at radius 1 is 1.46 bits per heavy atom. The Bertz CT molecular complexity index is 244. The van der Waals surface area contributed by atoms with Gasteiger partial charge < -0.3 is 0 Å². The fourth-order valence-electron chi connectivity index (χ4n) is 2.07. The molecule has 0 aliphatic heterocycles.